The molecule has 1 N–H and O–H groups in total. The van der Waals surface area contributed by atoms with Crippen LogP contribution in [0.1, 0.15) is 13.3 Å². The summed E-state index contributed by atoms with van der Waals surface area (Å²) in [4.78, 5) is 2.18. The van der Waals surface area contributed by atoms with Crippen LogP contribution in [0.2, 0.25) is 0 Å². The van der Waals surface area contributed by atoms with E-state index in [-0.39, 0.29) is 12.0 Å². The topological polar surface area (TPSA) is 32.7 Å². The summed E-state index contributed by atoms with van der Waals surface area (Å²) in [5.74, 6) is 0. The van der Waals surface area contributed by atoms with Crippen molar-refractivity contribution in [3.8, 4) is 0 Å². The molecular formula is C9H19NO2. The van der Waals surface area contributed by atoms with Crippen molar-refractivity contribution in [2.45, 2.75) is 19.4 Å². The molecule has 0 aromatic heterocycles. The minimum absolute atomic E-state index is 0.0122. The third kappa shape index (κ3) is 1.49. The van der Waals surface area contributed by atoms with Crippen LogP contribution in [-0.4, -0.2) is 50.0 Å². The molecule has 3 nitrogen and oxygen atoms in total. The van der Waals surface area contributed by atoms with Crippen LogP contribution in [-0.2, 0) is 4.74 Å². The van der Waals surface area contributed by atoms with Crippen LogP contribution >= 0.6 is 0 Å². The Balaban J connectivity index is 2.61. The van der Waals surface area contributed by atoms with Crippen molar-refractivity contribution < 1.29 is 9.84 Å². The average molecular weight is 173 g/mol. The lowest BCUT2D eigenvalue weighted by Gasteiger charge is -2.48. The maximum absolute atomic E-state index is 9.28. The minimum atomic E-state index is 0.0122. The van der Waals surface area contributed by atoms with Gasteiger partial charge in [0.15, 0.2) is 0 Å². The molecule has 1 fully saturated rings. The zero-order valence-corrected chi connectivity index (χ0v) is 8.21. The van der Waals surface area contributed by atoms with E-state index in [4.69, 9.17) is 4.74 Å². The summed E-state index contributed by atoms with van der Waals surface area (Å²) in [6.07, 6.45) is 1.07. The first kappa shape index (κ1) is 9.96. The summed E-state index contributed by atoms with van der Waals surface area (Å²) >= 11 is 0. The van der Waals surface area contributed by atoms with Crippen LogP contribution < -0.4 is 0 Å². The fraction of sp³-hybridized carbons (Fsp3) is 1.00. The predicted molar refractivity (Wildman–Crippen MR) is 48.1 cm³/mol. The predicted octanol–water partition coefficient (Wildman–Crippen LogP) is 0.335. The quantitative estimate of drug-likeness (QED) is 0.665. The molecule has 0 bridgehead atoms. The van der Waals surface area contributed by atoms with Gasteiger partial charge < -0.3 is 14.7 Å². The standard InChI is InChI=1S/C9H19NO2/c1-4-8(10(2)3)9(5-11)6-12-7-9/h8,11H,4-7H2,1-3H3. The van der Waals surface area contributed by atoms with E-state index in [2.05, 4.69) is 25.9 Å². The molecule has 1 aliphatic heterocycles. The molecule has 0 spiro atoms. The van der Waals surface area contributed by atoms with E-state index >= 15 is 0 Å². The Morgan fingerprint density at radius 2 is 2.08 bits per heavy atom. The van der Waals surface area contributed by atoms with Gasteiger partial charge in [-0.1, -0.05) is 6.92 Å². The van der Waals surface area contributed by atoms with Crippen molar-refractivity contribution >= 4 is 0 Å². The zero-order chi connectivity index (χ0) is 9.19. The van der Waals surface area contributed by atoms with E-state index in [1.807, 2.05) is 0 Å². The lowest BCUT2D eigenvalue weighted by atomic mass is 9.77. The van der Waals surface area contributed by atoms with Gasteiger partial charge in [-0.3, -0.25) is 0 Å². The molecule has 1 unspecified atom stereocenters. The summed E-state index contributed by atoms with van der Waals surface area (Å²) < 4.78 is 5.18. The van der Waals surface area contributed by atoms with Gasteiger partial charge in [0, 0.05) is 6.04 Å². The molecule has 3 heteroatoms. The number of aliphatic hydroxyl groups is 1. The van der Waals surface area contributed by atoms with Crippen molar-refractivity contribution in [1.29, 1.82) is 0 Å². The SMILES string of the molecule is CCC(N(C)C)C1(CO)COC1. The Hall–Kier alpha value is -0.120. The third-order valence-electron chi connectivity index (χ3n) is 2.81. The highest BCUT2D eigenvalue weighted by atomic mass is 16.5. The molecule has 0 amide bonds. The molecule has 1 atom stereocenters. The van der Waals surface area contributed by atoms with Gasteiger partial charge in [-0.25, -0.2) is 0 Å². The minimum Gasteiger partial charge on any atom is -0.396 e. The maximum atomic E-state index is 9.28. The molecule has 0 aromatic rings. The summed E-state index contributed by atoms with van der Waals surface area (Å²) in [6, 6.07) is 0.441. The van der Waals surface area contributed by atoms with E-state index in [9.17, 15) is 5.11 Å². The van der Waals surface area contributed by atoms with Crippen LogP contribution in [0.3, 0.4) is 0 Å². The second-order valence-electron chi connectivity index (χ2n) is 3.90. The summed E-state index contributed by atoms with van der Waals surface area (Å²) in [5, 5.41) is 9.28. The molecule has 1 aliphatic rings. The Kier molecular flexibility index (Phi) is 3.09. The van der Waals surface area contributed by atoms with Gasteiger partial charge in [-0.05, 0) is 20.5 Å². The van der Waals surface area contributed by atoms with Gasteiger partial charge in [0.05, 0.1) is 25.2 Å². The monoisotopic (exact) mass is 173 g/mol. The third-order valence-corrected chi connectivity index (χ3v) is 2.81. The van der Waals surface area contributed by atoms with Crippen LogP contribution in [0.4, 0.5) is 0 Å². The molecule has 72 valence electrons. The van der Waals surface area contributed by atoms with Crippen molar-refractivity contribution in [2.75, 3.05) is 33.9 Å². The Morgan fingerprint density at radius 1 is 1.50 bits per heavy atom. The van der Waals surface area contributed by atoms with Gasteiger partial charge >= 0.3 is 0 Å². The second-order valence-corrected chi connectivity index (χ2v) is 3.90. The number of rotatable bonds is 4. The van der Waals surface area contributed by atoms with Gasteiger partial charge in [0.1, 0.15) is 0 Å². The van der Waals surface area contributed by atoms with Crippen LogP contribution in [0.5, 0.6) is 0 Å². The van der Waals surface area contributed by atoms with Gasteiger partial charge in [-0.15, -0.1) is 0 Å². The molecule has 0 aliphatic carbocycles. The average Bonchev–Trinajstić information content (AvgIpc) is 1.95. The van der Waals surface area contributed by atoms with Gasteiger partial charge in [0.2, 0.25) is 0 Å². The number of nitrogens with zero attached hydrogens (tertiary/aromatic N) is 1. The first-order valence-corrected chi connectivity index (χ1v) is 4.51. The van der Waals surface area contributed by atoms with Gasteiger partial charge in [-0.2, -0.15) is 0 Å². The largest absolute Gasteiger partial charge is 0.396 e. The fourth-order valence-corrected chi connectivity index (χ4v) is 2.10. The normalized spacial score (nSPS) is 23.8. The van der Waals surface area contributed by atoms with Crippen LogP contribution in [0.25, 0.3) is 0 Å². The van der Waals surface area contributed by atoms with E-state index in [1.165, 1.54) is 0 Å². The number of aliphatic hydroxyl groups excluding tert-OH is 1. The van der Waals surface area contributed by atoms with E-state index < -0.39 is 0 Å². The molecule has 12 heavy (non-hydrogen) atoms. The van der Waals surface area contributed by atoms with Crippen LogP contribution in [0.15, 0.2) is 0 Å². The van der Waals surface area contributed by atoms with Crippen molar-refractivity contribution in [1.82, 2.24) is 4.90 Å². The van der Waals surface area contributed by atoms with E-state index in [1.54, 1.807) is 0 Å². The van der Waals surface area contributed by atoms with Crippen molar-refractivity contribution in [2.24, 2.45) is 5.41 Å². The Morgan fingerprint density at radius 3 is 2.17 bits per heavy atom. The second kappa shape index (κ2) is 3.73. The highest BCUT2D eigenvalue weighted by molar-refractivity contribution is 4.95. The first-order chi connectivity index (χ1) is 5.66. The first-order valence-electron chi connectivity index (χ1n) is 4.51. The smallest absolute Gasteiger partial charge is 0.0582 e. The maximum Gasteiger partial charge on any atom is 0.0582 e. The van der Waals surface area contributed by atoms with Crippen LogP contribution in [0, 0.1) is 5.41 Å². The Labute approximate surface area is 74.3 Å². The molecule has 0 aromatic carbocycles. The molecule has 0 saturated carbocycles. The van der Waals surface area contributed by atoms with Crippen molar-refractivity contribution in [3.05, 3.63) is 0 Å². The van der Waals surface area contributed by atoms with E-state index in [0.29, 0.717) is 19.3 Å². The fourth-order valence-electron chi connectivity index (χ4n) is 2.10. The lowest BCUT2D eigenvalue weighted by Crippen LogP contribution is -2.58. The molecule has 0 radical (unpaired) electrons. The molecule has 1 rings (SSSR count). The summed E-state index contributed by atoms with van der Waals surface area (Å²) in [5.41, 5.74) is 0.0122. The van der Waals surface area contributed by atoms with Crippen molar-refractivity contribution in [3.63, 3.8) is 0 Å². The zero-order valence-electron chi connectivity index (χ0n) is 8.21. The Bertz CT molecular complexity index is 138. The lowest BCUT2D eigenvalue weighted by molar-refractivity contribution is -0.170. The molecule has 1 saturated heterocycles. The summed E-state index contributed by atoms with van der Waals surface area (Å²) in [7, 11) is 4.12. The highest BCUT2D eigenvalue weighted by Crippen LogP contribution is 2.34. The number of hydrogen-bond acceptors (Lipinski definition) is 3. The van der Waals surface area contributed by atoms with Gasteiger partial charge in [0.25, 0.3) is 0 Å². The molecule has 1 heterocycles. The number of hydrogen-bond donors (Lipinski definition) is 1. The number of ether oxygens (including phenoxy) is 1. The highest BCUT2D eigenvalue weighted by Gasteiger charge is 2.45. The summed E-state index contributed by atoms with van der Waals surface area (Å²) in [6.45, 7) is 3.81. The van der Waals surface area contributed by atoms with E-state index in [0.717, 1.165) is 6.42 Å². The molecular weight excluding hydrogens is 154 g/mol.